The Kier molecular flexibility index (Phi) is 6.15. The Morgan fingerprint density at radius 3 is 1.28 bits per heavy atom. The molecule has 2 saturated carbocycles. The third-order valence-corrected chi connectivity index (χ3v) is 10.5. The van der Waals surface area contributed by atoms with Gasteiger partial charge in [0, 0.05) is 17.9 Å². The van der Waals surface area contributed by atoms with E-state index in [-0.39, 0.29) is 17.2 Å². The topological polar surface area (TPSA) is 97.6 Å². The zero-order valence-electron chi connectivity index (χ0n) is 24.6. The number of amides is 2. The lowest BCUT2D eigenvalue weighted by molar-refractivity contribution is -0.384. The van der Waals surface area contributed by atoms with E-state index in [1.54, 1.807) is 6.07 Å². The van der Waals surface area contributed by atoms with Crippen molar-refractivity contribution in [2.45, 2.75) is 22.7 Å². The predicted octanol–water partition coefficient (Wildman–Crippen LogP) is 6.74. The van der Waals surface area contributed by atoms with Crippen molar-refractivity contribution < 1.29 is 19.3 Å². The van der Waals surface area contributed by atoms with Crippen LogP contribution in [0.2, 0.25) is 0 Å². The van der Waals surface area contributed by atoms with Crippen molar-refractivity contribution in [3.8, 4) is 0 Å². The summed E-state index contributed by atoms with van der Waals surface area (Å²) in [5.74, 6) is -4.61. The number of Topliss-reactive ketones (excluding diaryl/α,β-unsaturated/α-hetero) is 1. The van der Waals surface area contributed by atoms with Gasteiger partial charge in [0.1, 0.15) is 5.69 Å². The van der Waals surface area contributed by atoms with E-state index in [0.717, 1.165) is 16.0 Å². The van der Waals surface area contributed by atoms with Crippen molar-refractivity contribution in [3.63, 3.8) is 0 Å². The van der Waals surface area contributed by atoms with Crippen LogP contribution in [0.25, 0.3) is 0 Å². The second-order valence-electron chi connectivity index (χ2n) is 12.3. The predicted molar refractivity (Wildman–Crippen MR) is 172 cm³/mol. The van der Waals surface area contributed by atoms with Crippen LogP contribution in [0, 0.1) is 22.0 Å². The SMILES string of the molecule is O=C1[C@H]2[C@H](C(=O)N1c1ccccc1[N+](=O)[O-])[C@]1(c3ccccc3)C(=O)[C@]2(c2ccccc2)[C@@H](c2ccccc2)[C@@H]1c1ccccc1. The molecular formula is C39H28N2O5. The number of carbonyl (C=O) groups is 3. The smallest absolute Gasteiger partial charge is 0.293 e. The van der Waals surface area contributed by atoms with Crippen molar-refractivity contribution >= 4 is 29.0 Å². The van der Waals surface area contributed by atoms with Crippen molar-refractivity contribution in [2.75, 3.05) is 4.90 Å². The van der Waals surface area contributed by atoms with E-state index in [9.17, 15) is 10.1 Å². The van der Waals surface area contributed by atoms with Gasteiger partial charge < -0.3 is 0 Å². The van der Waals surface area contributed by atoms with Gasteiger partial charge in [0.2, 0.25) is 11.8 Å². The molecule has 0 unspecified atom stereocenters. The molecule has 7 nitrogen and oxygen atoms in total. The van der Waals surface area contributed by atoms with E-state index in [1.807, 2.05) is 121 Å². The monoisotopic (exact) mass is 604 g/mol. The quantitative estimate of drug-likeness (QED) is 0.122. The molecule has 5 aromatic carbocycles. The number of fused-ring (bicyclic) bond motifs is 5. The minimum absolute atomic E-state index is 0.0808. The zero-order valence-corrected chi connectivity index (χ0v) is 24.6. The van der Waals surface area contributed by atoms with Gasteiger partial charge >= 0.3 is 0 Å². The average Bonchev–Trinajstić information content (AvgIpc) is 3.61. The fourth-order valence-corrected chi connectivity index (χ4v) is 9.09. The fraction of sp³-hybridized carbons (Fsp3) is 0.154. The summed E-state index contributed by atoms with van der Waals surface area (Å²) < 4.78 is 0. The zero-order chi connectivity index (χ0) is 31.6. The molecule has 6 atom stereocenters. The summed E-state index contributed by atoms with van der Waals surface area (Å²) in [6.07, 6.45) is 0. The summed E-state index contributed by atoms with van der Waals surface area (Å²) in [4.78, 5) is 58.5. The summed E-state index contributed by atoms with van der Waals surface area (Å²) in [6.45, 7) is 0. The van der Waals surface area contributed by atoms with Crippen LogP contribution in [-0.4, -0.2) is 22.5 Å². The molecule has 1 heterocycles. The maximum atomic E-state index is 15.9. The van der Waals surface area contributed by atoms with E-state index in [1.165, 1.54) is 18.2 Å². The highest BCUT2D eigenvalue weighted by Crippen LogP contribution is 2.77. The molecule has 0 radical (unpaired) electrons. The van der Waals surface area contributed by atoms with E-state index in [4.69, 9.17) is 0 Å². The standard InChI is InChI=1S/C39H28N2O5/c42-35-33-34(36(43)40(35)29-23-13-14-24-30(29)41(45)46)39(28-21-11-4-12-22-28)32(26-17-7-2-8-18-26)31(25-15-5-1-6-16-25)38(33,37(39)44)27-19-9-3-10-20-27/h1-24,31-34H/t31-,32-,33+,34+,38+,39+/m0/s1. The first-order valence-corrected chi connectivity index (χ1v) is 15.3. The van der Waals surface area contributed by atoms with Crippen LogP contribution in [0.15, 0.2) is 146 Å². The molecule has 2 amide bonds. The molecular weight excluding hydrogens is 576 g/mol. The highest BCUT2D eigenvalue weighted by atomic mass is 16.6. The highest BCUT2D eigenvalue weighted by Gasteiger charge is 2.86. The number of imide groups is 1. The Balaban J connectivity index is 1.52. The molecule has 0 N–H and O–H groups in total. The molecule has 7 heteroatoms. The number of ketones is 1. The van der Waals surface area contributed by atoms with Crippen molar-refractivity contribution in [1.82, 2.24) is 0 Å². The van der Waals surface area contributed by atoms with Gasteiger partial charge in [0.15, 0.2) is 5.78 Å². The number of nitro groups is 1. The number of anilines is 1. The number of benzene rings is 5. The molecule has 1 saturated heterocycles. The number of nitro benzene ring substituents is 1. The Hall–Kier alpha value is -5.69. The molecule has 1 aliphatic heterocycles. The van der Waals surface area contributed by atoms with E-state index in [2.05, 4.69) is 0 Å². The fourth-order valence-electron chi connectivity index (χ4n) is 9.09. The van der Waals surface area contributed by atoms with Crippen molar-refractivity contribution in [3.05, 3.63) is 178 Å². The summed E-state index contributed by atoms with van der Waals surface area (Å²) in [5.41, 5.74) is -0.240. The largest absolute Gasteiger partial charge is 0.298 e. The minimum atomic E-state index is -1.45. The Morgan fingerprint density at radius 2 is 0.870 bits per heavy atom. The third kappa shape index (κ3) is 3.40. The average molecular weight is 605 g/mol. The van der Waals surface area contributed by atoms with Gasteiger partial charge in [0.05, 0.1) is 27.6 Å². The third-order valence-electron chi connectivity index (χ3n) is 10.5. The Morgan fingerprint density at radius 1 is 0.500 bits per heavy atom. The van der Waals surface area contributed by atoms with Crippen LogP contribution in [0.1, 0.15) is 34.1 Å². The Labute approximate surface area is 265 Å². The first-order valence-electron chi connectivity index (χ1n) is 15.3. The van der Waals surface area contributed by atoms with Gasteiger partial charge in [0.25, 0.3) is 5.69 Å². The molecule has 224 valence electrons. The van der Waals surface area contributed by atoms with Gasteiger partial charge in [-0.25, -0.2) is 4.90 Å². The number of hydrogen-bond donors (Lipinski definition) is 0. The number of para-hydroxylation sites is 2. The second-order valence-corrected chi connectivity index (χ2v) is 12.3. The molecule has 8 rings (SSSR count). The number of hydrogen-bond acceptors (Lipinski definition) is 5. The van der Waals surface area contributed by atoms with Crippen LogP contribution in [-0.2, 0) is 25.2 Å². The lowest BCUT2D eigenvalue weighted by atomic mass is 9.52. The van der Waals surface area contributed by atoms with Crippen LogP contribution in [0.5, 0.6) is 0 Å². The van der Waals surface area contributed by atoms with E-state index >= 15 is 14.4 Å². The van der Waals surface area contributed by atoms with Crippen LogP contribution < -0.4 is 4.90 Å². The lowest BCUT2D eigenvalue weighted by Gasteiger charge is -2.46. The van der Waals surface area contributed by atoms with E-state index in [0.29, 0.717) is 11.1 Å². The van der Waals surface area contributed by atoms with Crippen molar-refractivity contribution in [1.29, 1.82) is 0 Å². The second kappa shape index (κ2) is 10.2. The van der Waals surface area contributed by atoms with Crippen LogP contribution in [0.3, 0.4) is 0 Å². The summed E-state index contributed by atoms with van der Waals surface area (Å²) in [6, 6.07) is 44.0. The van der Waals surface area contributed by atoms with Gasteiger partial charge in [-0.3, -0.25) is 24.5 Å². The molecule has 3 fully saturated rings. The summed E-state index contributed by atoms with van der Waals surface area (Å²) in [5, 5.41) is 12.2. The first-order chi connectivity index (χ1) is 22.4. The molecule has 46 heavy (non-hydrogen) atoms. The van der Waals surface area contributed by atoms with Gasteiger partial charge in [-0.1, -0.05) is 133 Å². The highest BCUT2D eigenvalue weighted by molar-refractivity contribution is 6.30. The number of nitrogens with zero attached hydrogens (tertiary/aromatic N) is 2. The van der Waals surface area contributed by atoms with Gasteiger partial charge in [-0.2, -0.15) is 0 Å². The molecule has 0 spiro atoms. The summed E-state index contributed by atoms with van der Waals surface area (Å²) in [7, 11) is 0. The lowest BCUT2D eigenvalue weighted by Crippen LogP contribution is -2.49. The first kappa shape index (κ1) is 27.8. The molecule has 0 aromatic heterocycles. The minimum Gasteiger partial charge on any atom is -0.298 e. The summed E-state index contributed by atoms with van der Waals surface area (Å²) >= 11 is 0. The molecule has 2 bridgehead atoms. The van der Waals surface area contributed by atoms with Gasteiger partial charge in [-0.05, 0) is 28.3 Å². The normalized spacial score (nSPS) is 28.0. The van der Waals surface area contributed by atoms with Crippen molar-refractivity contribution in [2.24, 2.45) is 11.8 Å². The molecule has 3 aliphatic rings. The van der Waals surface area contributed by atoms with Gasteiger partial charge in [-0.15, -0.1) is 0 Å². The molecule has 2 aliphatic carbocycles. The van der Waals surface area contributed by atoms with E-state index < -0.39 is 51.2 Å². The van der Waals surface area contributed by atoms with Crippen LogP contribution >= 0.6 is 0 Å². The maximum Gasteiger partial charge on any atom is 0.293 e. The number of rotatable bonds is 6. The van der Waals surface area contributed by atoms with Crippen LogP contribution in [0.4, 0.5) is 11.4 Å². The Bertz CT molecular complexity index is 1900. The maximum absolute atomic E-state index is 15.9. The number of carbonyl (C=O) groups excluding carboxylic acids is 3. The molecule has 5 aromatic rings.